The monoisotopic (exact) mass is 382 g/mol. The van der Waals surface area contributed by atoms with Crippen molar-refractivity contribution in [2.24, 2.45) is 5.92 Å². The van der Waals surface area contributed by atoms with Crippen molar-refractivity contribution in [2.45, 2.75) is 33.7 Å². The molecule has 0 spiro atoms. The number of carbonyl (C=O) groups is 2. The molecule has 0 unspecified atom stereocenters. The molecular formula is C23H32N3O2+. The van der Waals surface area contributed by atoms with Gasteiger partial charge in [-0.1, -0.05) is 44.2 Å². The first-order valence-corrected chi connectivity index (χ1v) is 10.0. The molecule has 0 aromatic heterocycles. The van der Waals surface area contributed by atoms with E-state index in [1.807, 2.05) is 32.0 Å². The SMILES string of the molecule is CCN(CC)C(=O)c1ccc(NC(=O)C[NH2+][C@H](c2ccccc2)C(C)C)cc1. The maximum absolute atomic E-state index is 12.4. The fraction of sp³-hybridized carbons (Fsp3) is 0.391. The topological polar surface area (TPSA) is 66.0 Å². The molecular weight excluding hydrogens is 350 g/mol. The first kappa shape index (κ1) is 21.6. The van der Waals surface area contributed by atoms with Crippen molar-refractivity contribution in [3.05, 3.63) is 65.7 Å². The molecule has 0 heterocycles. The van der Waals surface area contributed by atoms with Crippen LogP contribution in [0.2, 0.25) is 0 Å². The minimum absolute atomic E-state index is 0.0128. The van der Waals surface area contributed by atoms with Crippen molar-refractivity contribution < 1.29 is 14.9 Å². The summed E-state index contributed by atoms with van der Waals surface area (Å²) in [6.07, 6.45) is 0. The van der Waals surface area contributed by atoms with Crippen molar-refractivity contribution in [3.8, 4) is 0 Å². The summed E-state index contributed by atoms with van der Waals surface area (Å²) < 4.78 is 0. The predicted molar refractivity (Wildman–Crippen MR) is 113 cm³/mol. The quantitative estimate of drug-likeness (QED) is 0.700. The van der Waals surface area contributed by atoms with Crippen molar-refractivity contribution in [3.63, 3.8) is 0 Å². The summed E-state index contributed by atoms with van der Waals surface area (Å²) in [7, 11) is 0. The van der Waals surface area contributed by atoms with E-state index in [-0.39, 0.29) is 17.9 Å². The van der Waals surface area contributed by atoms with Gasteiger partial charge in [0.05, 0.1) is 0 Å². The number of nitrogens with zero attached hydrogens (tertiary/aromatic N) is 1. The van der Waals surface area contributed by atoms with Gasteiger partial charge in [0, 0.05) is 35.8 Å². The molecule has 0 saturated carbocycles. The van der Waals surface area contributed by atoms with Crippen LogP contribution in [-0.4, -0.2) is 36.3 Å². The highest BCUT2D eigenvalue weighted by molar-refractivity contribution is 5.96. The largest absolute Gasteiger partial charge is 0.339 e. The number of quaternary nitrogens is 1. The Morgan fingerprint density at radius 3 is 2.11 bits per heavy atom. The van der Waals surface area contributed by atoms with Gasteiger partial charge in [-0.3, -0.25) is 9.59 Å². The highest BCUT2D eigenvalue weighted by Crippen LogP contribution is 2.17. The van der Waals surface area contributed by atoms with E-state index in [0.717, 1.165) is 0 Å². The lowest BCUT2D eigenvalue weighted by atomic mass is 9.96. The number of rotatable bonds is 9. The molecule has 28 heavy (non-hydrogen) atoms. The molecule has 3 N–H and O–H groups in total. The van der Waals surface area contributed by atoms with Crippen molar-refractivity contribution in [1.29, 1.82) is 0 Å². The molecule has 0 aliphatic heterocycles. The third-order valence-electron chi connectivity index (χ3n) is 4.93. The van der Waals surface area contributed by atoms with E-state index >= 15 is 0 Å². The summed E-state index contributed by atoms with van der Waals surface area (Å²) in [6.45, 7) is 9.97. The Morgan fingerprint density at radius 1 is 0.964 bits per heavy atom. The minimum atomic E-state index is -0.0515. The van der Waals surface area contributed by atoms with Crippen LogP contribution in [0.1, 0.15) is 49.7 Å². The molecule has 0 fully saturated rings. The molecule has 0 aliphatic carbocycles. The van der Waals surface area contributed by atoms with E-state index in [9.17, 15) is 9.59 Å². The summed E-state index contributed by atoms with van der Waals surface area (Å²) >= 11 is 0. The predicted octanol–water partition coefficient (Wildman–Crippen LogP) is 3.07. The Balaban J connectivity index is 1.93. The van der Waals surface area contributed by atoms with Crippen molar-refractivity contribution in [2.75, 3.05) is 25.0 Å². The van der Waals surface area contributed by atoms with Gasteiger partial charge in [0.2, 0.25) is 0 Å². The average molecular weight is 383 g/mol. The number of nitrogens with one attached hydrogen (secondary N) is 1. The molecule has 150 valence electrons. The van der Waals surface area contributed by atoms with Crippen LogP contribution in [0.25, 0.3) is 0 Å². The molecule has 0 aliphatic rings. The van der Waals surface area contributed by atoms with Crippen LogP contribution in [0.15, 0.2) is 54.6 Å². The first-order chi connectivity index (χ1) is 13.5. The van der Waals surface area contributed by atoms with Crippen LogP contribution in [-0.2, 0) is 4.79 Å². The maximum Gasteiger partial charge on any atom is 0.279 e. The third-order valence-corrected chi connectivity index (χ3v) is 4.93. The van der Waals surface area contributed by atoms with Gasteiger partial charge in [0.1, 0.15) is 6.04 Å². The van der Waals surface area contributed by atoms with Gasteiger partial charge >= 0.3 is 0 Å². The van der Waals surface area contributed by atoms with Crippen LogP contribution in [0.5, 0.6) is 0 Å². The van der Waals surface area contributed by atoms with E-state index in [0.29, 0.717) is 36.8 Å². The van der Waals surface area contributed by atoms with Crippen LogP contribution < -0.4 is 10.6 Å². The van der Waals surface area contributed by atoms with E-state index in [1.165, 1.54) is 5.56 Å². The van der Waals surface area contributed by atoms with Crippen molar-refractivity contribution in [1.82, 2.24) is 4.90 Å². The number of hydrogen-bond acceptors (Lipinski definition) is 2. The highest BCUT2D eigenvalue weighted by atomic mass is 16.2. The fourth-order valence-electron chi connectivity index (χ4n) is 3.30. The second kappa shape index (κ2) is 10.6. The van der Waals surface area contributed by atoms with Gasteiger partial charge in [-0.25, -0.2) is 0 Å². The standard InChI is InChI=1S/C23H31N3O2/c1-5-26(6-2)23(28)19-12-14-20(15-13-19)25-21(27)16-24-22(17(3)4)18-10-8-7-9-11-18/h7-15,17,22,24H,5-6,16H2,1-4H3,(H,25,27)/p+1/t22-/m0/s1. The lowest BCUT2D eigenvalue weighted by Gasteiger charge is -2.19. The highest BCUT2D eigenvalue weighted by Gasteiger charge is 2.20. The average Bonchev–Trinajstić information content (AvgIpc) is 2.70. The number of carbonyl (C=O) groups excluding carboxylic acids is 2. The molecule has 2 amide bonds. The van der Waals surface area contributed by atoms with Crippen LogP contribution in [0.4, 0.5) is 5.69 Å². The lowest BCUT2D eigenvalue weighted by molar-refractivity contribution is -0.692. The normalized spacial score (nSPS) is 11.9. The Morgan fingerprint density at radius 2 is 1.57 bits per heavy atom. The molecule has 0 bridgehead atoms. The lowest BCUT2D eigenvalue weighted by Crippen LogP contribution is -2.88. The fourth-order valence-corrected chi connectivity index (χ4v) is 3.30. The Hall–Kier alpha value is -2.66. The summed E-state index contributed by atoms with van der Waals surface area (Å²) in [5.74, 6) is 0.379. The zero-order valence-corrected chi connectivity index (χ0v) is 17.3. The molecule has 5 nitrogen and oxygen atoms in total. The van der Waals surface area contributed by atoms with E-state index < -0.39 is 0 Å². The molecule has 5 heteroatoms. The van der Waals surface area contributed by atoms with Crippen LogP contribution >= 0.6 is 0 Å². The number of amides is 2. The molecule has 1 atom stereocenters. The molecule has 2 aromatic carbocycles. The first-order valence-electron chi connectivity index (χ1n) is 10.0. The summed E-state index contributed by atoms with van der Waals surface area (Å²) in [5, 5.41) is 4.99. The van der Waals surface area contributed by atoms with E-state index in [2.05, 4.69) is 36.6 Å². The molecule has 2 rings (SSSR count). The number of anilines is 1. The Bertz CT molecular complexity index is 753. The van der Waals surface area contributed by atoms with E-state index in [1.54, 1.807) is 29.2 Å². The third kappa shape index (κ3) is 5.92. The minimum Gasteiger partial charge on any atom is -0.339 e. The van der Waals surface area contributed by atoms with Crippen LogP contribution in [0, 0.1) is 5.92 Å². The van der Waals surface area contributed by atoms with Gasteiger partial charge in [-0.05, 0) is 38.1 Å². The summed E-state index contributed by atoms with van der Waals surface area (Å²) in [4.78, 5) is 26.5. The molecule has 2 aromatic rings. The Labute approximate surface area is 168 Å². The second-order valence-electron chi connectivity index (χ2n) is 7.22. The molecule has 0 radical (unpaired) electrons. The number of hydrogen-bond donors (Lipinski definition) is 2. The number of benzene rings is 2. The smallest absolute Gasteiger partial charge is 0.279 e. The van der Waals surface area contributed by atoms with Gasteiger partial charge < -0.3 is 15.5 Å². The van der Waals surface area contributed by atoms with E-state index in [4.69, 9.17) is 0 Å². The Kier molecular flexibility index (Phi) is 8.20. The van der Waals surface area contributed by atoms with Gasteiger partial charge in [-0.15, -0.1) is 0 Å². The summed E-state index contributed by atoms with van der Waals surface area (Å²) in [6, 6.07) is 17.6. The van der Waals surface area contributed by atoms with Gasteiger partial charge in [0.25, 0.3) is 11.8 Å². The van der Waals surface area contributed by atoms with Crippen molar-refractivity contribution >= 4 is 17.5 Å². The zero-order valence-electron chi connectivity index (χ0n) is 17.3. The number of nitrogens with two attached hydrogens (primary N) is 1. The zero-order chi connectivity index (χ0) is 20.5. The second-order valence-corrected chi connectivity index (χ2v) is 7.22. The van der Waals surface area contributed by atoms with Crippen LogP contribution in [0.3, 0.4) is 0 Å². The van der Waals surface area contributed by atoms with Gasteiger partial charge in [0.15, 0.2) is 6.54 Å². The maximum atomic E-state index is 12.4. The van der Waals surface area contributed by atoms with Gasteiger partial charge in [-0.2, -0.15) is 0 Å². The summed E-state index contributed by atoms with van der Waals surface area (Å²) in [5.41, 5.74) is 2.57. The molecule has 0 saturated heterocycles.